The Balaban J connectivity index is 1.37. The molecule has 0 spiro atoms. The predicted molar refractivity (Wildman–Crippen MR) is 153 cm³/mol. The monoisotopic (exact) mass is 567 g/mol. The molecule has 0 aliphatic heterocycles. The van der Waals surface area contributed by atoms with E-state index in [0.29, 0.717) is 33.7 Å². The number of thiophene rings is 1. The first-order valence-corrected chi connectivity index (χ1v) is 14.0. The zero-order valence-corrected chi connectivity index (χ0v) is 23.4. The van der Waals surface area contributed by atoms with Gasteiger partial charge in [-0.1, -0.05) is 36.2 Å². The molecule has 8 nitrogen and oxygen atoms in total. The van der Waals surface area contributed by atoms with Crippen LogP contribution in [0, 0.1) is 0 Å². The van der Waals surface area contributed by atoms with Crippen molar-refractivity contribution in [1.82, 2.24) is 5.43 Å². The number of fused-ring (bicyclic) bond motifs is 1. The van der Waals surface area contributed by atoms with E-state index in [0.717, 1.165) is 53.7 Å². The molecule has 0 saturated carbocycles. The lowest BCUT2D eigenvalue weighted by Crippen LogP contribution is -2.33. The highest BCUT2D eigenvalue weighted by Gasteiger charge is 2.28. The maximum absolute atomic E-state index is 12.7. The first-order chi connectivity index (χ1) is 18.9. The molecule has 2 amide bonds. The Hall–Kier alpha value is -3.69. The summed E-state index contributed by atoms with van der Waals surface area (Å²) < 4.78 is 11.0. The van der Waals surface area contributed by atoms with Crippen molar-refractivity contribution in [2.45, 2.75) is 52.6 Å². The van der Waals surface area contributed by atoms with E-state index in [1.165, 1.54) is 11.3 Å². The minimum atomic E-state index is -0.938. The Morgan fingerprint density at radius 3 is 2.49 bits per heavy atom. The molecule has 0 unspecified atom stereocenters. The molecule has 2 aromatic carbocycles. The maximum Gasteiger partial charge on any atom is 0.341 e. The van der Waals surface area contributed by atoms with Crippen LogP contribution in [0.15, 0.2) is 53.6 Å². The number of carbonyl (C=O) groups is 3. The number of aryl methyl sites for hydroxylation is 1. The molecule has 1 aromatic heterocycles. The van der Waals surface area contributed by atoms with Crippen molar-refractivity contribution in [2.75, 3.05) is 11.9 Å². The molecule has 1 aliphatic carbocycles. The third-order valence-electron chi connectivity index (χ3n) is 6.28. The Morgan fingerprint density at radius 2 is 1.74 bits per heavy atom. The van der Waals surface area contributed by atoms with Gasteiger partial charge >= 0.3 is 17.8 Å². The highest BCUT2D eigenvalue weighted by Crippen LogP contribution is 2.38. The quantitative estimate of drug-likeness (QED) is 0.116. The Kier molecular flexibility index (Phi) is 9.73. The average molecular weight is 568 g/mol. The first kappa shape index (κ1) is 28.3. The van der Waals surface area contributed by atoms with Crippen LogP contribution in [0.1, 0.15) is 65.0 Å². The van der Waals surface area contributed by atoms with Crippen molar-refractivity contribution in [3.63, 3.8) is 0 Å². The van der Waals surface area contributed by atoms with E-state index in [-0.39, 0.29) is 6.61 Å². The number of nitrogens with one attached hydrogen (secondary N) is 2. The summed E-state index contributed by atoms with van der Waals surface area (Å²) in [7, 11) is 0. The topological polar surface area (TPSA) is 106 Å². The molecule has 4 rings (SSSR count). The van der Waals surface area contributed by atoms with Crippen LogP contribution in [-0.2, 0) is 33.8 Å². The van der Waals surface area contributed by atoms with E-state index >= 15 is 0 Å². The van der Waals surface area contributed by atoms with Crippen molar-refractivity contribution < 1.29 is 23.9 Å². The van der Waals surface area contributed by atoms with Gasteiger partial charge in [-0.05, 0) is 81.0 Å². The number of ether oxygens (including phenoxy) is 2. The fraction of sp³-hybridized carbons (Fsp3) is 0.310. The Bertz CT molecular complexity index is 1380. The molecule has 0 radical (unpaired) electrons. The van der Waals surface area contributed by atoms with Crippen LogP contribution in [-0.4, -0.2) is 30.1 Å². The summed E-state index contributed by atoms with van der Waals surface area (Å²) in [6.45, 7) is 4.01. The summed E-state index contributed by atoms with van der Waals surface area (Å²) in [6, 6.07) is 14.7. The standard InChI is InChI=1S/C29H30ClN3O5S/c1-3-37-29(36)25-22-10-5-4-6-12-24(22)39-28(25)31-26(34)27(35)33-32-18(2)19-13-15-21(16-14-19)38-17-20-9-7-8-11-23(20)30/h7-9,11,13-16H,3-6,10,12,17H2,1-2H3,(H,31,34)(H,33,35)/b32-18+. The number of benzene rings is 2. The average Bonchev–Trinajstić information content (AvgIpc) is 3.11. The molecule has 1 heterocycles. The van der Waals surface area contributed by atoms with Gasteiger partial charge in [0.1, 0.15) is 17.4 Å². The molecule has 0 fully saturated rings. The lowest BCUT2D eigenvalue weighted by atomic mass is 10.1. The number of carbonyl (C=O) groups excluding carboxylic acids is 3. The second-order valence-electron chi connectivity index (χ2n) is 8.99. The molecule has 0 saturated heterocycles. The lowest BCUT2D eigenvalue weighted by Gasteiger charge is -2.09. The molecule has 10 heteroatoms. The van der Waals surface area contributed by atoms with Crippen molar-refractivity contribution >= 4 is 51.4 Å². The highest BCUT2D eigenvalue weighted by molar-refractivity contribution is 7.17. The number of halogens is 1. The van der Waals surface area contributed by atoms with E-state index in [9.17, 15) is 14.4 Å². The molecule has 39 heavy (non-hydrogen) atoms. The van der Waals surface area contributed by atoms with Crippen LogP contribution in [0.2, 0.25) is 5.02 Å². The normalized spacial score (nSPS) is 13.2. The van der Waals surface area contributed by atoms with Gasteiger partial charge in [0.15, 0.2) is 0 Å². The fourth-order valence-electron chi connectivity index (χ4n) is 4.23. The van der Waals surface area contributed by atoms with Crippen molar-refractivity contribution in [1.29, 1.82) is 0 Å². The lowest BCUT2D eigenvalue weighted by molar-refractivity contribution is -0.136. The third kappa shape index (κ3) is 7.25. The van der Waals surface area contributed by atoms with E-state index in [1.807, 2.05) is 24.3 Å². The summed E-state index contributed by atoms with van der Waals surface area (Å²) in [6.07, 6.45) is 4.65. The van der Waals surface area contributed by atoms with Gasteiger partial charge in [-0.25, -0.2) is 10.2 Å². The van der Waals surface area contributed by atoms with Crippen LogP contribution >= 0.6 is 22.9 Å². The largest absolute Gasteiger partial charge is 0.489 e. The van der Waals surface area contributed by atoms with E-state index in [2.05, 4.69) is 15.8 Å². The first-order valence-electron chi connectivity index (χ1n) is 12.8. The minimum absolute atomic E-state index is 0.222. The van der Waals surface area contributed by atoms with Gasteiger partial charge in [0.2, 0.25) is 0 Å². The van der Waals surface area contributed by atoms with Gasteiger partial charge < -0.3 is 14.8 Å². The van der Waals surface area contributed by atoms with Gasteiger partial charge in [0, 0.05) is 15.5 Å². The van der Waals surface area contributed by atoms with Crippen LogP contribution < -0.4 is 15.5 Å². The van der Waals surface area contributed by atoms with Crippen LogP contribution in [0.5, 0.6) is 5.75 Å². The predicted octanol–water partition coefficient (Wildman–Crippen LogP) is 5.91. The number of hydrogen-bond donors (Lipinski definition) is 2. The van der Waals surface area contributed by atoms with Crippen LogP contribution in [0.3, 0.4) is 0 Å². The number of amides is 2. The number of nitrogens with zero attached hydrogens (tertiary/aromatic N) is 1. The second-order valence-corrected chi connectivity index (χ2v) is 10.5. The van der Waals surface area contributed by atoms with E-state index < -0.39 is 17.8 Å². The van der Waals surface area contributed by atoms with Crippen LogP contribution in [0.25, 0.3) is 0 Å². The summed E-state index contributed by atoms with van der Waals surface area (Å²) in [4.78, 5) is 38.9. The van der Waals surface area contributed by atoms with Crippen molar-refractivity contribution in [3.05, 3.63) is 80.7 Å². The van der Waals surface area contributed by atoms with Crippen molar-refractivity contribution in [2.24, 2.45) is 5.10 Å². The molecular weight excluding hydrogens is 538 g/mol. The Labute approximate surface area is 236 Å². The van der Waals surface area contributed by atoms with Gasteiger partial charge in [-0.3, -0.25) is 9.59 Å². The summed E-state index contributed by atoms with van der Waals surface area (Å²) in [5, 5.41) is 7.65. The van der Waals surface area contributed by atoms with Crippen molar-refractivity contribution in [3.8, 4) is 5.75 Å². The molecule has 204 valence electrons. The smallest absolute Gasteiger partial charge is 0.341 e. The number of hydrazone groups is 1. The van der Waals surface area contributed by atoms with E-state index in [4.69, 9.17) is 21.1 Å². The number of esters is 1. The summed E-state index contributed by atoms with van der Waals surface area (Å²) in [5.74, 6) is -1.67. The zero-order chi connectivity index (χ0) is 27.8. The van der Waals surface area contributed by atoms with Gasteiger partial charge in [-0.15, -0.1) is 11.3 Å². The highest BCUT2D eigenvalue weighted by atomic mass is 35.5. The number of rotatable bonds is 8. The maximum atomic E-state index is 12.7. The van der Waals surface area contributed by atoms with E-state index in [1.54, 1.807) is 38.1 Å². The third-order valence-corrected chi connectivity index (χ3v) is 7.86. The second kappa shape index (κ2) is 13.4. The molecule has 2 N–H and O–H groups in total. The van der Waals surface area contributed by atoms with Gasteiger partial charge in [-0.2, -0.15) is 5.10 Å². The zero-order valence-electron chi connectivity index (χ0n) is 21.8. The molecule has 0 bridgehead atoms. The van der Waals surface area contributed by atoms with Gasteiger partial charge in [0.25, 0.3) is 0 Å². The number of anilines is 1. The molecular formula is C29H30ClN3O5S. The molecule has 3 aromatic rings. The molecule has 1 aliphatic rings. The SMILES string of the molecule is CCOC(=O)c1c(NC(=O)C(=O)N/N=C(\C)c2ccc(OCc3ccccc3Cl)cc2)sc2c1CCCCC2. The summed E-state index contributed by atoms with van der Waals surface area (Å²) in [5.41, 5.74) is 5.70. The minimum Gasteiger partial charge on any atom is -0.489 e. The summed E-state index contributed by atoms with van der Waals surface area (Å²) >= 11 is 7.50. The number of hydrogen-bond acceptors (Lipinski definition) is 7. The fourth-order valence-corrected chi connectivity index (χ4v) is 5.69. The molecule has 0 atom stereocenters. The Morgan fingerprint density at radius 1 is 1.00 bits per heavy atom. The van der Waals surface area contributed by atoms with Gasteiger partial charge in [0.05, 0.1) is 17.9 Å². The van der Waals surface area contributed by atoms with Crippen LogP contribution in [0.4, 0.5) is 5.00 Å².